The summed E-state index contributed by atoms with van der Waals surface area (Å²) in [5.74, 6) is 1.62. The molecule has 1 saturated heterocycles. The molecule has 180 valence electrons. The van der Waals surface area contributed by atoms with Crippen molar-refractivity contribution in [1.82, 2.24) is 24.1 Å². The number of H-pyrrole nitrogens is 1. The highest BCUT2D eigenvalue weighted by atomic mass is 16.2. The Bertz CT molecular complexity index is 1260. The third-order valence-corrected chi connectivity index (χ3v) is 7.63. The van der Waals surface area contributed by atoms with E-state index in [0.29, 0.717) is 23.9 Å². The average molecular weight is 464 g/mol. The number of fused-ring (bicyclic) bond motifs is 1. The van der Waals surface area contributed by atoms with Crippen LogP contribution in [0.1, 0.15) is 63.4 Å². The molecule has 0 atom stereocenters. The van der Waals surface area contributed by atoms with Gasteiger partial charge in [-0.15, -0.1) is 0 Å². The zero-order valence-corrected chi connectivity index (χ0v) is 19.6. The number of nitrogens with one attached hydrogen (secondary N) is 1. The molecule has 2 fully saturated rings. The Balaban J connectivity index is 1.19. The second kappa shape index (κ2) is 9.99. The fourth-order valence-electron chi connectivity index (χ4n) is 5.61. The molecular formula is C26H33N5O3. The van der Waals surface area contributed by atoms with E-state index in [0.717, 1.165) is 50.2 Å². The summed E-state index contributed by atoms with van der Waals surface area (Å²) in [5, 5.41) is 4.35. The van der Waals surface area contributed by atoms with E-state index in [2.05, 4.69) is 27.1 Å². The van der Waals surface area contributed by atoms with Gasteiger partial charge in [-0.3, -0.25) is 19.1 Å². The fraction of sp³-hybridized carbons (Fsp3) is 0.538. The number of hydrogen-bond acceptors (Lipinski definition) is 4. The largest absolute Gasteiger partial charge is 0.343 e. The Morgan fingerprint density at radius 1 is 1.00 bits per heavy atom. The Morgan fingerprint density at radius 3 is 2.56 bits per heavy atom. The standard InChI is InChI=1S/C26H33N5O3/c32-24-11-14-30(26(34)28-24)23-18-27-31-15-10-21(17-22(23)31)16-20-8-12-29(13-9-20)25(33)7-6-19-4-2-1-3-5-19/h10-11,14-15,17-20H,1-9,12-13,16H2,(H,28,32,34). The maximum Gasteiger partial charge on any atom is 0.333 e. The molecule has 8 heteroatoms. The second-order valence-corrected chi connectivity index (χ2v) is 9.95. The highest BCUT2D eigenvalue weighted by Gasteiger charge is 2.24. The first-order valence-electron chi connectivity index (χ1n) is 12.6. The van der Waals surface area contributed by atoms with Crippen molar-refractivity contribution in [2.45, 2.75) is 64.2 Å². The lowest BCUT2D eigenvalue weighted by Crippen LogP contribution is -2.39. The van der Waals surface area contributed by atoms with Crippen molar-refractivity contribution in [1.29, 1.82) is 0 Å². The van der Waals surface area contributed by atoms with E-state index < -0.39 is 11.2 Å². The number of rotatable bonds is 6. The molecule has 5 rings (SSSR count). The molecule has 0 unspecified atom stereocenters. The van der Waals surface area contributed by atoms with E-state index in [4.69, 9.17) is 0 Å². The Morgan fingerprint density at radius 2 is 1.79 bits per heavy atom. The van der Waals surface area contributed by atoms with Gasteiger partial charge in [0.25, 0.3) is 5.56 Å². The maximum atomic E-state index is 12.7. The number of nitrogens with zero attached hydrogens (tertiary/aromatic N) is 4. The van der Waals surface area contributed by atoms with Crippen LogP contribution < -0.4 is 11.2 Å². The van der Waals surface area contributed by atoms with Gasteiger partial charge in [-0.25, -0.2) is 9.31 Å². The first kappa shape index (κ1) is 22.6. The summed E-state index contributed by atoms with van der Waals surface area (Å²) in [6.07, 6.45) is 16.4. The second-order valence-electron chi connectivity index (χ2n) is 9.95. The monoisotopic (exact) mass is 463 g/mol. The molecule has 2 aliphatic rings. The molecule has 0 spiro atoms. The van der Waals surface area contributed by atoms with Crippen LogP contribution in [0.2, 0.25) is 0 Å². The summed E-state index contributed by atoms with van der Waals surface area (Å²) in [6.45, 7) is 1.70. The van der Waals surface area contributed by atoms with Crippen LogP contribution in [0.4, 0.5) is 0 Å². The smallest absolute Gasteiger partial charge is 0.333 e. The van der Waals surface area contributed by atoms with Gasteiger partial charge in [-0.1, -0.05) is 32.1 Å². The van der Waals surface area contributed by atoms with Crippen molar-refractivity contribution in [3.05, 3.63) is 63.2 Å². The molecule has 0 radical (unpaired) electrons. The van der Waals surface area contributed by atoms with Crippen LogP contribution >= 0.6 is 0 Å². The molecule has 3 aromatic rings. The first-order chi connectivity index (χ1) is 16.6. The summed E-state index contributed by atoms with van der Waals surface area (Å²) < 4.78 is 3.15. The topological polar surface area (TPSA) is 92.5 Å². The Hall–Kier alpha value is -3.16. The molecule has 1 aliphatic heterocycles. The van der Waals surface area contributed by atoms with Crippen molar-refractivity contribution in [3.63, 3.8) is 0 Å². The van der Waals surface area contributed by atoms with Gasteiger partial charge in [-0.05, 0) is 55.2 Å². The molecule has 8 nitrogen and oxygen atoms in total. The SMILES string of the molecule is O=C(CCC1CCCCC1)N1CCC(Cc2ccn3ncc(-n4ccc(=O)[nH]c4=O)c3c2)CC1. The Labute approximate surface area is 198 Å². The van der Waals surface area contributed by atoms with E-state index in [1.54, 1.807) is 10.7 Å². The van der Waals surface area contributed by atoms with Crippen LogP contribution in [-0.2, 0) is 11.2 Å². The zero-order valence-electron chi connectivity index (χ0n) is 19.6. The van der Waals surface area contributed by atoms with Gasteiger partial charge < -0.3 is 4.90 Å². The number of piperidine rings is 1. The van der Waals surface area contributed by atoms with Crippen LogP contribution in [-0.4, -0.2) is 43.1 Å². The van der Waals surface area contributed by atoms with Crippen molar-refractivity contribution >= 4 is 11.4 Å². The molecule has 1 aliphatic carbocycles. The minimum Gasteiger partial charge on any atom is -0.343 e. The highest BCUT2D eigenvalue weighted by Crippen LogP contribution is 2.28. The highest BCUT2D eigenvalue weighted by molar-refractivity contribution is 5.76. The van der Waals surface area contributed by atoms with Crippen LogP contribution in [0.5, 0.6) is 0 Å². The molecule has 0 aromatic carbocycles. The van der Waals surface area contributed by atoms with Gasteiger partial charge in [-0.2, -0.15) is 5.10 Å². The molecule has 1 amide bonds. The summed E-state index contributed by atoms with van der Waals surface area (Å²) >= 11 is 0. The molecule has 1 saturated carbocycles. The third kappa shape index (κ3) is 5.00. The predicted octanol–water partition coefficient (Wildman–Crippen LogP) is 3.32. The molecule has 0 bridgehead atoms. The Kier molecular flexibility index (Phi) is 6.65. The van der Waals surface area contributed by atoms with E-state index >= 15 is 0 Å². The lowest BCUT2D eigenvalue weighted by atomic mass is 9.86. The van der Waals surface area contributed by atoms with Crippen molar-refractivity contribution in [2.75, 3.05) is 13.1 Å². The van der Waals surface area contributed by atoms with Crippen molar-refractivity contribution in [2.24, 2.45) is 11.8 Å². The number of likely N-dealkylation sites (tertiary alicyclic amines) is 1. The van der Waals surface area contributed by atoms with Gasteiger partial charge >= 0.3 is 5.69 Å². The minimum absolute atomic E-state index is 0.334. The molecule has 4 heterocycles. The number of amides is 1. The van der Waals surface area contributed by atoms with Crippen LogP contribution in [0, 0.1) is 11.8 Å². The van der Waals surface area contributed by atoms with Gasteiger partial charge in [0.2, 0.25) is 5.91 Å². The summed E-state index contributed by atoms with van der Waals surface area (Å²) in [7, 11) is 0. The number of aromatic nitrogens is 4. The van der Waals surface area contributed by atoms with Gasteiger partial charge in [0.05, 0.1) is 17.4 Å². The van der Waals surface area contributed by atoms with E-state index in [9.17, 15) is 14.4 Å². The number of carbonyl (C=O) groups excluding carboxylic acids is 1. The number of carbonyl (C=O) groups is 1. The van der Waals surface area contributed by atoms with Gasteiger partial charge in [0, 0.05) is 38.0 Å². The first-order valence-corrected chi connectivity index (χ1v) is 12.6. The molecule has 3 aromatic heterocycles. The summed E-state index contributed by atoms with van der Waals surface area (Å²) in [4.78, 5) is 40.7. The third-order valence-electron chi connectivity index (χ3n) is 7.63. The number of aromatic amines is 1. The van der Waals surface area contributed by atoms with Crippen LogP contribution in [0.15, 0.2) is 46.4 Å². The normalized spacial score (nSPS) is 17.9. The number of hydrogen-bond donors (Lipinski definition) is 1. The fourth-order valence-corrected chi connectivity index (χ4v) is 5.61. The van der Waals surface area contributed by atoms with Gasteiger partial charge in [0.1, 0.15) is 0 Å². The quantitative estimate of drug-likeness (QED) is 0.607. The lowest BCUT2D eigenvalue weighted by Gasteiger charge is -2.32. The van der Waals surface area contributed by atoms with E-state index in [-0.39, 0.29) is 0 Å². The zero-order chi connectivity index (χ0) is 23.5. The van der Waals surface area contributed by atoms with E-state index in [1.165, 1.54) is 54.5 Å². The van der Waals surface area contributed by atoms with Crippen molar-refractivity contribution in [3.8, 4) is 5.69 Å². The summed E-state index contributed by atoms with van der Waals surface area (Å²) in [5.41, 5.74) is 1.75. The van der Waals surface area contributed by atoms with Crippen LogP contribution in [0.3, 0.4) is 0 Å². The average Bonchev–Trinajstić information content (AvgIpc) is 3.27. The minimum atomic E-state index is -0.478. The molecule has 34 heavy (non-hydrogen) atoms. The molecular weight excluding hydrogens is 430 g/mol. The van der Waals surface area contributed by atoms with Crippen LogP contribution in [0.25, 0.3) is 11.2 Å². The van der Waals surface area contributed by atoms with Gasteiger partial charge in [0.15, 0.2) is 0 Å². The summed E-state index contributed by atoms with van der Waals surface area (Å²) in [6, 6.07) is 5.47. The predicted molar refractivity (Wildman–Crippen MR) is 130 cm³/mol. The molecule has 1 N–H and O–H groups in total. The van der Waals surface area contributed by atoms with E-state index in [1.807, 2.05) is 6.20 Å². The lowest BCUT2D eigenvalue weighted by molar-refractivity contribution is -0.132. The number of pyridine rings is 1. The maximum absolute atomic E-state index is 12.7. The van der Waals surface area contributed by atoms with Crippen molar-refractivity contribution < 1.29 is 4.79 Å².